The summed E-state index contributed by atoms with van der Waals surface area (Å²) >= 11 is 0. The topological polar surface area (TPSA) is 47.0 Å². The maximum Gasteiger partial charge on any atom is 0.218 e. The van der Waals surface area contributed by atoms with Crippen LogP contribution in [-0.4, -0.2) is 22.6 Å². The Morgan fingerprint density at radius 3 is 2.71 bits per heavy atom. The first kappa shape index (κ1) is 13.7. The number of ether oxygens (including phenoxy) is 1. The number of nitrogens with one attached hydrogen (secondary N) is 1. The molecule has 1 heterocycles. The summed E-state index contributed by atoms with van der Waals surface area (Å²) in [4.78, 5) is 8.61. The third-order valence-electron chi connectivity index (χ3n) is 2.39. The van der Waals surface area contributed by atoms with E-state index in [1.807, 2.05) is 13.0 Å². The molecule has 1 rings (SSSR count). The Balaban J connectivity index is 2.67. The minimum absolute atomic E-state index is 0.202. The third-order valence-corrected chi connectivity index (χ3v) is 2.39. The maximum atomic E-state index is 5.77. The second-order valence-electron chi connectivity index (χ2n) is 4.28. The number of anilines is 1. The van der Waals surface area contributed by atoms with Gasteiger partial charge in [0.15, 0.2) is 0 Å². The Bertz CT molecular complexity index is 341. The fourth-order valence-electron chi connectivity index (χ4n) is 1.62. The van der Waals surface area contributed by atoms with Crippen LogP contribution in [0.3, 0.4) is 0 Å². The lowest BCUT2D eigenvalue weighted by Gasteiger charge is -2.14. The standard InChI is InChI=1S/C13H23N3O/c1-5-7-10(3)17-13-9-12(14-8-6-2)15-11(4)16-13/h9-10H,5-8H2,1-4H3,(H,14,15,16). The van der Waals surface area contributed by atoms with Crippen molar-refractivity contribution in [3.63, 3.8) is 0 Å². The van der Waals surface area contributed by atoms with Crippen LogP contribution in [0.25, 0.3) is 0 Å². The van der Waals surface area contributed by atoms with Crippen LogP contribution in [0, 0.1) is 6.92 Å². The van der Waals surface area contributed by atoms with Crippen molar-refractivity contribution in [2.24, 2.45) is 0 Å². The van der Waals surface area contributed by atoms with Crippen molar-refractivity contribution < 1.29 is 4.74 Å². The number of rotatable bonds is 7. The lowest BCUT2D eigenvalue weighted by atomic mass is 10.2. The fraction of sp³-hybridized carbons (Fsp3) is 0.692. The zero-order valence-corrected chi connectivity index (χ0v) is 11.3. The molecule has 0 aliphatic carbocycles. The Labute approximate surface area is 104 Å². The van der Waals surface area contributed by atoms with Crippen molar-refractivity contribution in [3.05, 3.63) is 11.9 Å². The average molecular weight is 237 g/mol. The predicted molar refractivity (Wildman–Crippen MR) is 70.5 cm³/mol. The van der Waals surface area contributed by atoms with Gasteiger partial charge in [-0.1, -0.05) is 20.3 Å². The van der Waals surface area contributed by atoms with Crippen molar-refractivity contribution in [1.82, 2.24) is 9.97 Å². The quantitative estimate of drug-likeness (QED) is 0.791. The summed E-state index contributed by atoms with van der Waals surface area (Å²) in [6.07, 6.45) is 3.44. The van der Waals surface area contributed by atoms with Crippen LogP contribution in [0.2, 0.25) is 0 Å². The summed E-state index contributed by atoms with van der Waals surface area (Å²) in [5, 5.41) is 3.25. The minimum Gasteiger partial charge on any atom is -0.475 e. The molecule has 1 aromatic rings. The van der Waals surface area contributed by atoms with Gasteiger partial charge in [0.1, 0.15) is 11.6 Å². The minimum atomic E-state index is 0.202. The molecule has 1 unspecified atom stereocenters. The zero-order valence-electron chi connectivity index (χ0n) is 11.3. The highest BCUT2D eigenvalue weighted by Crippen LogP contribution is 2.16. The summed E-state index contributed by atoms with van der Waals surface area (Å²) < 4.78 is 5.77. The largest absolute Gasteiger partial charge is 0.475 e. The zero-order chi connectivity index (χ0) is 12.7. The van der Waals surface area contributed by atoms with Crippen LogP contribution in [0.15, 0.2) is 6.07 Å². The summed E-state index contributed by atoms with van der Waals surface area (Å²) in [5.74, 6) is 2.25. The van der Waals surface area contributed by atoms with Crippen LogP contribution in [0.1, 0.15) is 45.9 Å². The molecule has 0 radical (unpaired) electrons. The van der Waals surface area contributed by atoms with E-state index in [4.69, 9.17) is 4.74 Å². The Hall–Kier alpha value is -1.32. The SMILES string of the molecule is CCCNc1cc(OC(C)CCC)nc(C)n1. The van der Waals surface area contributed by atoms with Crippen molar-refractivity contribution in [2.75, 3.05) is 11.9 Å². The van der Waals surface area contributed by atoms with Gasteiger partial charge in [0.05, 0.1) is 6.10 Å². The van der Waals surface area contributed by atoms with Gasteiger partial charge < -0.3 is 10.1 Å². The molecule has 0 aliphatic rings. The molecule has 0 saturated heterocycles. The molecular weight excluding hydrogens is 214 g/mol. The van der Waals surface area contributed by atoms with E-state index in [-0.39, 0.29) is 6.10 Å². The molecule has 4 heteroatoms. The highest BCUT2D eigenvalue weighted by Gasteiger charge is 2.06. The first-order valence-electron chi connectivity index (χ1n) is 6.41. The highest BCUT2D eigenvalue weighted by molar-refractivity contribution is 5.38. The lowest BCUT2D eigenvalue weighted by Crippen LogP contribution is -2.13. The summed E-state index contributed by atoms with van der Waals surface area (Å²) in [5.41, 5.74) is 0. The monoisotopic (exact) mass is 237 g/mol. The molecule has 0 aromatic carbocycles. The third kappa shape index (κ3) is 5.02. The Morgan fingerprint density at radius 1 is 1.29 bits per heavy atom. The van der Waals surface area contributed by atoms with Gasteiger partial charge in [-0.05, 0) is 26.7 Å². The second kappa shape index (κ2) is 7.09. The number of nitrogens with zero attached hydrogens (tertiary/aromatic N) is 2. The first-order chi connectivity index (χ1) is 8.15. The van der Waals surface area contributed by atoms with Gasteiger partial charge >= 0.3 is 0 Å². The summed E-state index contributed by atoms with van der Waals surface area (Å²) in [7, 11) is 0. The number of hydrogen-bond donors (Lipinski definition) is 1. The maximum absolute atomic E-state index is 5.77. The predicted octanol–water partition coefficient (Wildman–Crippen LogP) is 3.17. The normalized spacial score (nSPS) is 12.2. The van der Waals surface area contributed by atoms with E-state index in [0.717, 1.165) is 37.4 Å². The molecule has 0 aliphatic heterocycles. The number of aryl methyl sites for hydroxylation is 1. The Kier molecular flexibility index (Phi) is 5.73. The number of hydrogen-bond acceptors (Lipinski definition) is 4. The van der Waals surface area contributed by atoms with Crippen LogP contribution in [0.4, 0.5) is 5.82 Å². The van der Waals surface area contributed by atoms with Crippen molar-refractivity contribution in [2.45, 2.75) is 53.1 Å². The van der Waals surface area contributed by atoms with Crippen molar-refractivity contribution in [1.29, 1.82) is 0 Å². The van der Waals surface area contributed by atoms with Gasteiger partial charge in [-0.3, -0.25) is 0 Å². The molecule has 1 aromatic heterocycles. The molecule has 0 spiro atoms. The summed E-state index contributed by atoms with van der Waals surface area (Å²) in [6, 6.07) is 1.87. The summed E-state index contributed by atoms with van der Waals surface area (Å²) in [6.45, 7) is 9.15. The van der Waals surface area contributed by atoms with Crippen LogP contribution in [-0.2, 0) is 0 Å². The van der Waals surface area contributed by atoms with E-state index >= 15 is 0 Å². The molecule has 4 nitrogen and oxygen atoms in total. The van der Waals surface area contributed by atoms with Gasteiger partial charge in [-0.15, -0.1) is 0 Å². The molecule has 0 fully saturated rings. The van der Waals surface area contributed by atoms with E-state index in [1.54, 1.807) is 0 Å². The van der Waals surface area contributed by atoms with Crippen molar-refractivity contribution in [3.8, 4) is 5.88 Å². The molecule has 0 amide bonds. The van der Waals surface area contributed by atoms with Crippen molar-refractivity contribution >= 4 is 5.82 Å². The second-order valence-corrected chi connectivity index (χ2v) is 4.28. The van der Waals surface area contributed by atoms with E-state index in [2.05, 4.69) is 36.1 Å². The molecule has 1 atom stereocenters. The first-order valence-corrected chi connectivity index (χ1v) is 6.41. The van der Waals surface area contributed by atoms with E-state index in [9.17, 15) is 0 Å². The van der Waals surface area contributed by atoms with Gasteiger partial charge in [0, 0.05) is 12.6 Å². The van der Waals surface area contributed by atoms with Gasteiger partial charge in [-0.25, -0.2) is 4.98 Å². The lowest BCUT2D eigenvalue weighted by molar-refractivity contribution is 0.201. The van der Waals surface area contributed by atoms with Crippen LogP contribution < -0.4 is 10.1 Å². The number of aromatic nitrogens is 2. The van der Waals surface area contributed by atoms with E-state index < -0.39 is 0 Å². The molecule has 1 N–H and O–H groups in total. The molecule has 0 saturated carbocycles. The molecular formula is C13H23N3O. The average Bonchev–Trinajstić information content (AvgIpc) is 2.25. The van der Waals surface area contributed by atoms with Crippen LogP contribution in [0.5, 0.6) is 5.88 Å². The fourth-order valence-corrected chi connectivity index (χ4v) is 1.62. The molecule has 96 valence electrons. The van der Waals surface area contributed by atoms with E-state index in [1.165, 1.54) is 0 Å². The highest BCUT2D eigenvalue weighted by atomic mass is 16.5. The van der Waals surface area contributed by atoms with Crippen LogP contribution >= 0.6 is 0 Å². The molecule has 17 heavy (non-hydrogen) atoms. The Morgan fingerprint density at radius 2 is 2.06 bits per heavy atom. The molecule has 0 bridgehead atoms. The van der Waals surface area contributed by atoms with Gasteiger partial charge in [-0.2, -0.15) is 4.98 Å². The van der Waals surface area contributed by atoms with E-state index in [0.29, 0.717) is 5.88 Å². The van der Waals surface area contributed by atoms with Gasteiger partial charge in [0.25, 0.3) is 0 Å². The smallest absolute Gasteiger partial charge is 0.218 e. The van der Waals surface area contributed by atoms with Gasteiger partial charge in [0.2, 0.25) is 5.88 Å².